The summed E-state index contributed by atoms with van der Waals surface area (Å²) in [5, 5.41) is 11.5. The number of carboxylic acids is 1. The molecule has 1 unspecified atom stereocenters. The molecule has 6 heteroatoms. The highest BCUT2D eigenvalue weighted by Crippen LogP contribution is 2.35. The molecule has 1 heterocycles. The number of amides is 2. The van der Waals surface area contributed by atoms with Crippen LogP contribution in [0.5, 0.6) is 0 Å². The van der Waals surface area contributed by atoms with Crippen molar-refractivity contribution in [3.05, 3.63) is 0 Å². The van der Waals surface area contributed by atoms with Crippen molar-refractivity contribution in [3.63, 3.8) is 0 Å². The van der Waals surface area contributed by atoms with Crippen LogP contribution in [-0.2, 0) is 4.79 Å². The normalized spacial score (nSPS) is 27.5. The molecule has 6 nitrogen and oxygen atoms in total. The highest BCUT2D eigenvalue weighted by Gasteiger charge is 2.52. The van der Waals surface area contributed by atoms with E-state index in [1.54, 1.807) is 4.90 Å². The van der Waals surface area contributed by atoms with Crippen LogP contribution in [0.3, 0.4) is 0 Å². The van der Waals surface area contributed by atoms with E-state index in [0.29, 0.717) is 25.9 Å². The highest BCUT2D eigenvalue weighted by atomic mass is 16.4. The second-order valence-corrected chi connectivity index (χ2v) is 4.31. The van der Waals surface area contributed by atoms with Gasteiger partial charge in [-0.1, -0.05) is 0 Å². The molecule has 0 aromatic heterocycles. The van der Waals surface area contributed by atoms with Crippen LogP contribution in [0.1, 0.15) is 19.3 Å². The van der Waals surface area contributed by atoms with E-state index < -0.39 is 11.5 Å². The minimum Gasteiger partial charge on any atom is -0.480 e. The average molecular weight is 213 g/mol. The SMILES string of the molecule is NC1CCN(C(=O)NC2(C(=O)O)CC2)C1. The molecule has 15 heavy (non-hydrogen) atoms. The van der Waals surface area contributed by atoms with Gasteiger partial charge in [0.1, 0.15) is 5.54 Å². The van der Waals surface area contributed by atoms with Crippen LogP contribution in [0.2, 0.25) is 0 Å². The van der Waals surface area contributed by atoms with Gasteiger partial charge in [-0.2, -0.15) is 0 Å². The van der Waals surface area contributed by atoms with Crippen LogP contribution < -0.4 is 11.1 Å². The van der Waals surface area contributed by atoms with Gasteiger partial charge in [-0.15, -0.1) is 0 Å². The van der Waals surface area contributed by atoms with Crippen molar-refractivity contribution >= 4 is 12.0 Å². The Hall–Kier alpha value is -1.30. The van der Waals surface area contributed by atoms with Gasteiger partial charge in [-0.05, 0) is 19.3 Å². The molecular formula is C9H15N3O3. The predicted molar refractivity (Wildman–Crippen MR) is 52.3 cm³/mol. The Morgan fingerprint density at radius 2 is 2.13 bits per heavy atom. The van der Waals surface area contributed by atoms with Crippen molar-refractivity contribution < 1.29 is 14.7 Å². The number of nitrogens with one attached hydrogen (secondary N) is 1. The van der Waals surface area contributed by atoms with Gasteiger partial charge in [0.2, 0.25) is 0 Å². The number of urea groups is 1. The first-order valence-corrected chi connectivity index (χ1v) is 5.09. The summed E-state index contributed by atoms with van der Waals surface area (Å²) in [6, 6.07) is -0.279. The number of carboxylic acid groups (broad SMARTS) is 1. The van der Waals surface area contributed by atoms with Gasteiger partial charge in [0.15, 0.2) is 0 Å². The molecule has 4 N–H and O–H groups in total. The maximum Gasteiger partial charge on any atom is 0.329 e. The molecule has 1 aliphatic heterocycles. The molecule has 2 aliphatic rings. The number of carbonyl (C=O) groups excluding carboxylic acids is 1. The molecule has 0 aromatic carbocycles. The third kappa shape index (κ3) is 1.90. The zero-order chi connectivity index (χ0) is 11.1. The lowest BCUT2D eigenvalue weighted by atomic mass is 10.3. The third-order valence-electron chi connectivity index (χ3n) is 3.02. The highest BCUT2D eigenvalue weighted by molar-refractivity contribution is 5.89. The number of likely N-dealkylation sites (tertiary alicyclic amines) is 1. The van der Waals surface area contributed by atoms with Gasteiger partial charge in [0.05, 0.1) is 0 Å². The number of nitrogens with zero attached hydrogens (tertiary/aromatic N) is 1. The summed E-state index contributed by atoms with van der Waals surface area (Å²) in [6.07, 6.45) is 1.83. The van der Waals surface area contributed by atoms with Gasteiger partial charge < -0.3 is 21.1 Å². The Labute approximate surface area is 87.4 Å². The van der Waals surface area contributed by atoms with Crippen molar-refractivity contribution in [2.75, 3.05) is 13.1 Å². The largest absolute Gasteiger partial charge is 0.480 e. The molecule has 0 radical (unpaired) electrons. The molecule has 2 rings (SSSR count). The fraction of sp³-hybridized carbons (Fsp3) is 0.778. The van der Waals surface area contributed by atoms with E-state index in [-0.39, 0.29) is 12.1 Å². The van der Waals surface area contributed by atoms with Crippen molar-refractivity contribution in [1.29, 1.82) is 0 Å². The lowest BCUT2D eigenvalue weighted by Crippen LogP contribution is -2.49. The first-order chi connectivity index (χ1) is 7.03. The maximum atomic E-state index is 11.6. The Morgan fingerprint density at radius 1 is 1.47 bits per heavy atom. The third-order valence-corrected chi connectivity index (χ3v) is 3.02. The van der Waals surface area contributed by atoms with Crippen LogP contribution >= 0.6 is 0 Å². The number of carbonyl (C=O) groups is 2. The molecule has 0 bridgehead atoms. The van der Waals surface area contributed by atoms with Gasteiger partial charge in [-0.25, -0.2) is 9.59 Å². The fourth-order valence-corrected chi connectivity index (χ4v) is 1.77. The van der Waals surface area contributed by atoms with Gasteiger partial charge in [0.25, 0.3) is 0 Å². The smallest absolute Gasteiger partial charge is 0.329 e. The van der Waals surface area contributed by atoms with E-state index in [2.05, 4.69) is 5.32 Å². The predicted octanol–water partition coefficient (Wildman–Crippen LogP) is -0.654. The Balaban J connectivity index is 1.90. The number of hydrogen-bond donors (Lipinski definition) is 3. The molecule has 0 aromatic rings. The molecule has 2 fully saturated rings. The first-order valence-electron chi connectivity index (χ1n) is 5.09. The lowest BCUT2D eigenvalue weighted by molar-refractivity contribution is -0.140. The summed E-state index contributed by atoms with van der Waals surface area (Å²) in [5.41, 5.74) is 4.67. The minimum absolute atomic E-state index is 0.0238. The zero-order valence-electron chi connectivity index (χ0n) is 8.40. The van der Waals surface area contributed by atoms with Crippen molar-refractivity contribution in [2.24, 2.45) is 5.73 Å². The first kappa shape index (κ1) is 10.2. The van der Waals surface area contributed by atoms with Crippen LogP contribution in [0, 0.1) is 0 Å². The number of rotatable bonds is 2. The Bertz CT molecular complexity index is 301. The fourth-order valence-electron chi connectivity index (χ4n) is 1.77. The van der Waals surface area contributed by atoms with E-state index >= 15 is 0 Å². The molecule has 84 valence electrons. The summed E-state index contributed by atoms with van der Waals surface area (Å²) in [7, 11) is 0. The number of nitrogens with two attached hydrogens (primary N) is 1. The summed E-state index contributed by atoms with van der Waals surface area (Å²) in [5.74, 6) is -0.945. The summed E-state index contributed by atoms with van der Waals surface area (Å²) < 4.78 is 0. The van der Waals surface area contributed by atoms with E-state index in [1.165, 1.54) is 0 Å². The number of aliphatic carboxylic acids is 1. The molecule has 1 saturated heterocycles. The standard InChI is InChI=1S/C9H15N3O3/c10-6-1-4-12(5-6)8(15)11-9(2-3-9)7(13)14/h6H,1-5,10H2,(H,11,15)(H,13,14). The Kier molecular flexibility index (Phi) is 2.30. The minimum atomic E-state index is -0.996. The van der Waals surface area contributed by atoms with Crippen molar-refractivity contribution in [1.82, 2.24) is 10.2 Å². The monoisotopic (exact) mass is 213 g/mol. The van der Waals surface area contributed by atoms with Gasteiger partial charge >= 0.3 is 12.0 Å². The topological polar surface area (TPSA) is 95.7 Å². The molecular weight excluding hydrogens is 198 g/mol. The van der Waals surface area contributed by atoms with E-state index in [1.807, 2.05) is 0 Å². The van der Waals surface area contributed by atoms with Crippen LogP contribution in [0.4, 0.5) is 4.79 Å². The summed E-state index contributed by atoms with van der Waals surface area (Å²) in [6.45, 7) is 1.13. The molecule has 0 spiro atoms. The molecule has 2 amide bonds. The zero-order valence-corrected chi connectivity index (χ0v) is 8.40. The van der Waals surface area contributed by atoms with Gasteiger partial charge in [0, 0.05) is 19.1 Å². The van der Waals surface area contributed by atoms with Crippen molar-refractivity contribution in [3.8, 4) is 0 Å². The maximum absolute atomic E-state index is 11.6. The summed E-state index contributed by atoms with van der Waals surface area (Å²) in [4.78, 5) is 24.1. The average Bonchev–Trinajstić information content (AvgIpc) is 2.82. The van der Waals surface area contributed by atoms with Crippen LogP contribution in [0.25, 0.3) is 0 Å². The second kappa shape index (κ2) is 3.37. The lowest BCUT2D eigenvalue weighted by Gasteiger charge is -2.20. The second-order valence-electron chi connectivity index (χ2n) is 4.31. The Morgan fingerprint density at radius 3 is 2.53 bits per heavy atom. The molecule has 1 atom stereocenters. The van der Waals surface area contributed by atoms with Crippen LogP contribution in [-0.4, -0.2) is 46.7 Å². The van der Waals surface area contributed by atoms with E-state index in [0.717, 1.165) is 6.42 Å². The number of hydrogen-bond acceptors (Lipinski definition) is 3. The quantitative estimate of drug-likeness (QED) is 0.567. The molecule has 1 saturated carbocycles. The van der Waals surface area contributed by atoms with Crippen molar-refractivity contribution in [2.45, 2.75) is 30.8 Å². The van der Waals surface area contributed by atoms with E-state index in [9.17, 15) is 9.59 Å². The van der Waals surface area contributed by atoms with Gasteiger partial charge in [-0.3, -0.25) is 0 Å². The molecule has 1 aliphatic carbocycles. The summed E-state index contributed by atoms with van der Waals surface area (Å²) >= 11 is 0. The van der Waals surface area contributed by atoms with E-state index in [4.69, 9.17) is 10.8 Å². The van der Waals surface area contributed by atoms with Crippen LogP contribution in [0.15, 0.2) is 0 Å².